The summed E-state index contributed by atoms with van der Waals surface area (Å²) in [4.78, 5) is 27.7. The van der Waals surface area contributed by atoms with E-state index >= 15 is 0 Å². The Labute approximate surface area is 128 Å². The minimum atomic E-state index is -0.221. The van der Waals surface area contributed by atoms with Gasteiger partial charge in [0.05, 0.1) is 24.4 Å². The highest BCUT2D eigenvalue weighted by molar-refractivity contribution is 8.00. The van der Waals surface area contributed by atoms with Crippen LogP contribution in [0.3, 0.4) is 0 Å². The van der Waals surface area contributed by atoms with Crippen molar-refractivity contribution in [3.05, 3.63) is 22.9 Å². The van der Waals surface area contributed by atoms with Crippen molar-refractivity contribution in [3.63, 3.8) is 0 Å². The van der Waals surface area contributed by atoms with Gasteiger partial charge >= 0.3 is 0 Å². The monoisotopic (exact) mass is 311 g/mol. The number of thioether (sulfide) groups is 1. The summed E-state index contributed by atoms with van der Waals surface area (Å²) in [6.45, 7) is 3.21. The summed E-state index contributed by atoms with van der Waals surface area (Å²) in [7, 11) is 0. The van der Waals surface area contributed by atoms with Crippen molar-refractivity contribution >= 4 is 23.4 Å². The molecule has 116 valence electrons. The van der Waals surface area contributed by atoms with E-state index in [1.165, 1.54) is 35.3 Å². The lowest BCUT2D eigenvalue weighted by Crippen LogP contribution is -2.27. The van der Waals surface area contributed by atoms with Crippen LogP contribution in [0.1, 0.15) is 26.2 Å². The molecule has 1 aliphatic rings. The fourth-order valence-electron chi connectivity index (χ4n) is 2.17. The van der Waals surface area contributed by atoms with Gasteiger partial charge in [-0.05, 0) is 26.2 Å². The number of hydrogen-bond donors (Lipinski definition) is 1. The van der Waals surface area contributed by atoms with Crippen LogP contribution in [0.5, 0.6) is 0 Å². The van der Waals surface area contributed by atoms with Gasteiger partial charge in [0.1, 0.15) is 5.69 Å². The van der Waals surface area contributed by atoms with E-state index in [1.54, 1.807) is 0 Å². The van der Waals surface area contributed by atoms with Gasteiger partial charge in [0.2, 0.25) is 5.91 Å². The minimum Gasteiger partial charge on any atom is -0.377 e. The molecule has 7 heteroatoms. The SMILES string of the molecule is CCn1cncc(NC(=O)CSCC2CCCCO2)c1=O. The number of nitrogens with zero attached hydrogens (tertiary/aromatic N) is 2. The van der Waals surface area contributed by atoms with E-state index in [1.807, 2.05) is 6.92 Å². The molecule has 1 aromatic rings. The molecule has 0 spiro atoms. The van der Waals surface area contributed by atoms with E-state index in [4.69, 9.17) is 4.74 Å². The molecule has 1 unspecified atom stereocenters. The maximum Gasteiger partial charge on any atom is 0.277 e. The summed E-state index contributed by atoms with van der Waals surface area (Å²) < 4.78 is 7.07. The van der Waals surface area contributed by atoms with Crippen LogP contribution in [-0.4, -0.2) is 39.7 Å². The summed E-state index contributed by atoms with van der Waals surface area (Å²) in [6.07, 6.45) is 6.51. The Morgan fingerprint density at radius 1 is 1.57 bits per heavy atom. The Bertz CT molecular complexity index is 526. The Morgan fingerprint density at radius 2 is 2.43 bits per heavy atom. The predicted octanol–water partition coefficient (Wildman–Crippen LogP) is 1.50. The zero-order valence-electron chi connectivity index (χ0n) is 12.2. The maximum absolute atomic E-state index is 11.9. The Morgan fingerprint density at radius 3 is 3.14 bits per heavy atom. The molecule has 1 aliphatic heterocycles. The van der Waals surface area contributed by atoms with Gasteiger partial charge in [0, 0.05) is 18.9 Å². The number of amides is 1. The quantitative estimate of drug-likeness (QED) is 0.862. The Kier molecular flexibility index (Phi) is 6.25. The molecular formula is C14H21N3O3S. The molecule has 0 bridgehead atoms. The normalized spacial score (nSPS) is 18.4. The number of aromatic nitrogens is 2. The van der Waals surface area contributed by atoms with E-state index in [0.29, 0.717) is 12.3 Å². The van der Waals surface area contributed by atoms with Crippen LogP contribution in [0.15, 0.2) is 17.3 Å². The molecule has 6 nitrogen and oxygen atoms in total. The third-order valence-electron chi connectivity index (χ3n) is 3.33. The largest absolute Gasteiger partial charge is 0.377 e. The average molecular weight is 311 g/mol. The summed E-state index contributed by atoms with van der Waals surface area (Å²) in [6, 6.07) is 0. The van der Waals surface area contributed by atoms with Crippen molar-refractivity contribution in [2.45, 2.75) is 38.8 Å². The highest BCUT2D eigenvalue weighted by Gasteiger charge is 2.15. The highest BCUT2D eigenvalue weighted by Crippen LogP contribution is 2.17. The van der Waals surface area contributed by atoms with Crippen molar-refractivity contribution in [3.8, 4) is 0 Å². The number of nitrogens with one attached hydrogen (secondary N) is 1. The molecule has 2 rings (SSSR count). The predicted molar refractivity (Wildman–Crippen MR) is 83.7 cm³/mol. The molecular weight excluding hydrogens is 290 g/mol. The molecule has 1 fully saturated rings. The standard InChI is InChI=1S/C14H21N3O3S/c1-2-17-10-15-7-12(14(17)19)16-13(18)9-21-8-11-5-3-4-6-20-11/h7,10-11H,2-6,8-9H2,1H3,(H,16,18). The summed E-state index contributed by atoms with van der Waals surface area (Å²) in [5.41, 5.74) is 0.0142. The number of hydrogen-bond acceptors (Lipinski definition) is 5. The topological polar surface area (TPSA) is 73.2 Å². The van der Waals surface area contributed by atoms with Crippen LogP contribution in [0.25, 0.3) is 0 Å². The zero-order chi connectivity index (χ0) is 15.1. The number of rotatable bonds is 6. The van der Waals surface area contributed by atoms with Gasteiger partial charge in [0.25, 0.3) is 5.56 Å². The first kappa shape index (κ1) is 16.0. The van der Waals surface area contributed by atoms with Crippen LogP contribution in [0.4, 0.5) is 5.69 Å². The molecule has 0 aliphatic carbocycles. The van der Waals surface area contributed by atoms with Crippen LogP contribution < -0.4 is 10.9 Å². The molecule has 0 saturated carbocycles. The van der Waals surface area contributed by atoms with Crippen LogP contribution in [0.2, 0.25) is 0 Å². The molecule has 1 N–H and O–H groups in total. The average Bonchev–Trinajstić information content (AvgIpc) is 2.50. The number of carbonyl (C=O) groups excluding carboxylic acids is 1. The smallest absolute Gasteiger partial charge is 0.277 e. The van der Waals surface area contributed by atoms with Crippen molar-refractivity contribution in [1.82, 2.24) is 9.55 Å². The van der Waals surface area contributed by atoms with Gasteiger partial charge in [-0.1, -0.05) is 0 Å². The van der Waals surface area contributed by atoms with E-state index in [9.17, 15) is 9.59 Å². The van der Waals surface area contributed by atoms with Crippen LogP contribution >= 0.6 is 11.8 Å². The zero-order valence-corrected chi connectivity index (χ0v) is 13.0. The molecule has 1 atom stereocenters. The Balaban J connectivity index is 1.78. The first-order chi connectivity index (χ1) is 10.2. The third kappa shape index (κ3) is 4.86. The number of anilines is 1. The van der Waals surface area contributed by atoms with Gasteiger partial charge in [0.15, 0.2) is 0 Å². The van der Waals surface area contributed by atoms with Crippen molar-refractivity contribution in [2.75, 3.05) is 23.4 Å². The fraction of sp³-hybridized carbons (Fsp3) is 0.643. The van der Waals surface area contributed by atoms with Crippen molar-refractivity contribution < 1.29 is 9.53 Å². The minimum absolute atomic E-state index is 0.177. The lowest BCUT2D eigenvalue weighted by atomic mass is 10.1. The van der Waals surface area contributed by atoms with Gasteiger partial charge in [-0.25, -0.2) is 4.98 Å². The third-order valence-corrected chi connectivity index (χ3v) is 4.40. The van der Waals surface area contributed by atoms with Gasteiger partial charge in [-0.3, -0.25) is 14.2 Å². The van der Waals surface area contributed by atoms with Crippen LogP contribution in [0, 0.1) is 0 Å². The first-order valence-electron chi connectivity index (χ1n) is 7.24. The van der Waals surface area contributed by atoms with E-state index in [-0.39, 0.29) is 23.3 Å². The molecule has 1 aromatic heterocycles. The molecule has 0 aromatic carbocycles. The van der Waals surface area contributed by atoms with Crippen molar-refractivity contribution in [1.29, 1.82) is 0 Å². The molecule has 1 amide bonds. The summed E-state index contributed by atoms with van der Waals surface area (Å²) >= 11 is 1.54. The lowest BCUT2D eigenvalue weighted by molar-refractivity contribution is -0.113. The second-order valence-corrected chi connectivity index (χ2v) is 5.98. The van der Waals surface area contributed by atoms with E-state index in [2.05, 4.69) is 10.3 Å². The number of aryl methyl sites for hydroxylation is 1. The number of ether oxygens (including phenoxy) is 1. The Hall–Kier alpha value is -1.34. The first-order valence-corrected chi connectivity index (χ1v) is 8.39. The number of carbonyl (C=O) groups is 1. The summed E-state index contributed by atoms with van der Waals surface area (Å²) in [5, 5.41) is 2.63. The molecule has 1 saturated heterocycles. The summed E-state index contributed by atoms with van der Waals surface area (Å²) in [5.74, 6) is 0.962. The van der Waals surface area contributed by atoms with Crippen LogP contribution in [-0.2, 0) is 16.1 Å². The highest BCUT2D eigenvalue weighted by atomic mass is 32.2. The van der Waals surface area contributed by atoms with Crippen molar-refractivity contribution in [2.24, 2.45) is 0 Å². The molecule has 21 heavy (non-hydrogen) atoms. The van der Waals surface area contributed by atoms with Gasteiger partial charge in [-0.15, -0.1) is 11.8 Å². The van der Waals surface area contributed by atoms with Gasteiger partial charge < -0.3 is 10.1 Å². The maximum atomic E-state index is 11.9. The van der Waals surface area contributed by atoms with E-state index < -0.39 is 0 Å². The van der Waals surface area contributed by atoms with Gasteiger partial charge in [-0.2, -0.15) is 0 Å². The second kappa shape index (κ2) is 8.19. The fourth-order valence-corrected chi connectivity index (χ4v) is 3.07. The second-order valence-electron chi connectivity index (χ2n) is 4.95. The molecule has 2 heterocycles. The van der Waals surface area contributed by atoms with E-state index in [0.717, 1.165) is 25.2 Å². The molecule has 0 radical (unpaired) electrons. The lowest BCUT2D eigenvalue weighted by Gasteiger charge is -2.21.